The number of hydrogen-bond acceptors (Lipinski definition) is 1. The lowest BCUT2D eigenvalue weighted by Crippen LogP contribution is -2.06. The topological polar surface area (TPSA) is 20.2 Å². The van der Waals surface area contributed by atoms with Crippen LogP contribution in [0.25, 0.3) is 0 Å². The van der Waals surface area contributed by atoms with Crippen LogP contribution in [-0.4, -0.2) is 5.11 Å². The van der Waals surface area contributed by atoms with Crippen molar-refractivity contribution in [3.63, 3.8) is 0 Å². The maximum Gasteiger partial charge on any atom is 0.416 e. The Bertz CT molecular complexity index is 595. The second kappa shape index (κ2) is 5.90. The van der Waals surface area contributed by atoms with Crippen LogP contribution >= 0.6 is 0 Å². The standard InChI is InChI=1S/C17H17F3O/c1-11-7-12(2)9-14(8-11)16(21)10-13-3-5-15(6-4-13)17(18,19)20/h3-9,16,21H,10H2,1-2H3. The van der Waals surface area contributed by atoms with E-state index in [0.717, 1.165) is 28.8 Å². The molecule has 1 unspecified atom stereocenters. The Morgan fingerprint density at radius 1 is 0.952 bits per heavy atom. The molecule has 0 saturated heterocycles. The first-order chi connectivity index (χ1) is 9.75. The Hall–Kier alpha value is -1.81. The van der Waals surface area contributed by atoms with Gasteiger partial charge < -0.3 is 5.11 Å². The van der Waals surface area contributed by atoms with Crippen molar-refractivity contribution in [3.8, 4) is 0 Å². The van der Waals surface area contributed by atoms with Crippen LogP contribution in [0.5, 0.6) is 0 Å². The quantitative estimate of drug-likeness (QED) is 0.877. The predicted molar refractivity (Wildman–Crippen MR) is 76.0 cm³/mol. The third-order valence-electron chi connectivity index (χ3n) is 3.34. The molecule has 0 aliphatic rings. The Morgan fingerprint density at radius 2 is 1.48 bits per heavy atom. The number of halogens is 3. The lowest BCUT2D eigenvalue weighted by Gasteiger charge is -2.14. The van der Waals surface area contributed by atoms with Crippen molar-refractivity contribution in [2.45, 2.75) is 32.5 Å². The predicted octanol–water partition coefficient (Wildman–Crippen LogP) is 4.60. The van der Waals surface area contributed by atoms with Gasteiger partial charge in [0.05, 0.1) is 11.7 Å². The third kappa shape index (κ3) is 4.08. The first-order valence-electron chi connectivity index (χ1n) is 6.68. The molecule has 0 aliphatic carbocycles. The highest BCUT2D eigenvalue weighted by molar-refractivity contribution is 5.32. The number of hydrogen-bond donors (Lipinski definition) is 1. The molecule has 1 atom stereocenters. The highest BCUT2D eigenvalue weighted by Crippen LogP contribution is 2.30. The van der Waals surface area contributed by atoms with Crippen LogP contribution in [-0.2, 0) is 12.6 Å². The van der Waals surface area contributed by atoms with E-state index >= 15 is 0 Å². The normalized spacial score (nSPS) is 13.2. The third-order valence-corrected chi connectivity index (χ3v) is 3.34. The van der Waals surface area contributed by atoms with Crippen LogP contribution in [0.1, 0.15) is 33.9 Å². The Morgan fingerprint density at radius 3 is 1.95 bits per heavy atom. The van der Waals surface area contributed by atoms with Crippen molar-refractivity contribution in [2.24, 2.45) is 0 Å². The van der Waals surface area contributed by atoms with Gasteiger partial charge in [-0.15, -0.1) is 0 Å². The molecule has 2 aromatic carbocycles. The van der Waals surface area contributed by atoms with E-state index in [2.05, 4.69) is 0 Å². The maximum atomic E-state index is 12.5. The summed E-state index contributed by atoms with van der Waals surface area (Å²) < 4.78 is 37.5. The fraction of sp³-hybridized carbons (Fsp3) is 0.294. The summed E-state index contributed by atoms with van der Waals surface area (Å²) in [7, 11) is 0. The van der Waals surface area contributed by atoms with E-state index in [9.17, 15) is 18.3 Å². The molecule has 0 radical (unpaired) electrons. The van der Waals surface area contributed by atoms with Gasteiger partial charge in [0.1, 0.15) is 0 Å². The van der Waals surface area contributed by atoms with Gasteiger partial charge in [0.25, 0.3) is 0 Å². The minimum Gasteiger partial charge on any atom is -0.388 e. The number of aliphatic hydroxyl groups is 1. The largest absolute Gasteiger partial charge is 0.416 e. The van der Waals surface area contributed by atoms with Crippen LogP contribution in [0.3, 0.4) is 0 Å². The first-order valence-corrected chi connectivity index (χ1v) is 6.68. The molecule has 112 valence electrons. The molecular weight excluding hydrogens is 277 g/mol. The summed E-state index contributed by atoms with van der Waals surface area (Å²) in [6.45, 7) is 3.89. The highest BCUT2D eigenvalue weighted by Gasteiger charge is 2.29. The van der Waals surface area contributed by atoms with Crippen molar-refractivity contribution in [1.82, 2.24) is 0 Å². The summed E-state index contributed by atoms with van der Waals surface area (Å²) in [6, 6.07) is 10.7. The van der Waals surface area contributed by atoms with Gasteiger partial charge in [0, 0.05) is 6.42 Å². The molecule has 0 spiro atoms. The van der Waals surface area contributed by atoms with Gasteiger partial charge in [-0.2, -0.15) is 13.2 Å². The zero-order chi connectivity index (χ0) is 15.6. The number of alkyl halides is 3. The second-order valence-corrected chi connectivity index (χ2v) is 5.34. The molecule has 1 N–H and O–H groups in total. The minimum atomic E-state index is -4.33. The van der Waals surface area contributed by atoms with Crippen molar-refractivity contribution in [1.29, 1.82) is 0 Å². The second-order valence-electron chi connectivity index (χ2n) is 5.34. The van der Waals surface area contributed by atoms with Crippen LogP contribution in [0.2, 0.25) is 0 Å². The number of rotatable bonds is 3. The molecule has 0 fully saturated rings. The van der Waals surface area contributed by atoms with Gasteiger partial charge in [0.2, 0.25) is 0 Å². The van der Waals surface area contributed by atoms with Gasteiger partial charge in [-0.25, -0.2) is 0 Å². The molecule has 0 aliphatic heterocycles. The van der Waals surface area contributed by atoms with Crippen LogP contribution < -0.4 is 0 Å². The molecule has 0 bridgehead atoms. The lowest BCUT2D eigenvalue weighted by atomic mass is 9.97. The van der Waals surface area contributed by atoms with Crippen molar-refractivity contribution in [2.75, 3.05) is 0 Å². The van der Waals surface area contributed by atoms with E-state index in [4.69, 9.17) is 0 Å². The van der Waals surface area contributed by atoms with E-state index in [1.54, 1.807) is 0 Å². The monoisotopic (exact) mass is 294 g/mol. The summed E-state index contributed by atoms with van der Waals surface area (Å²) >= 11 is 0. The molecule has 2 aromatic rings. The number of benzene rings is 2. The fourth-order valence-electron chi connectivity index (χ4n) is 2.37. The van der Waals surface area contributed by atoms with E-state index in [0.29, 0.717) is 12.0 Å². The van der Waals surface area contributed by atoms with Crippen molar-refractivity contribution < 1.29 is 18.3 Å². The molecule has 0 aromatic heterocycles. The average molecular weight is 294 g/mol. The van der Waals surface area contributed by atoms with Gasteiger partial charge in [0.15, 0.2) is 0 Å². The molecule has 0 heterocycles. The molecule has 4 heteroatoms. The zero-order valence-electron chi connectivity index (χ0n) is 11.9. The average Bonchev–Trinajstić information content (AvgIpc) is 2.37. The van der Waals surface area contributed by atoms with Crippen LogP contribution in [0.4, 0.5) is 13.2 Å². The zero-order valence-corrected chi connectivity index (χ0v) is 11.9. The van der Waals surface area contributed by atoms with E-state index < -0.39 is 17.8 Å². The molecule has 1 nitrogen and oxygen atoms in total. The van der Waals surface area contributed by atoms with E-state index in [1.807, 2.05) is 32.0 Å². The van der Waals surface area contributed by atoms with Gasteiger partial charge in [-0.1, -0.05) is 41.5 Å². The Kier molecular flexibility index (Phi) is 4.37. The van der Waals surface area contributed by atoms with E-state index in [-0.39, 0.29) is 0 Å². The minimum absolute atomic E-state index is 0.293. The molecule has 2 rings (SSSR count). The summed E-state index contributed by atoms with van der Waals surface area (Å²) in [5.41, 5.74) is 2.89. The van der Waals surface area contributed by atoms with Crippen molar-refractivity contribution in [3.05, 3.63) is 70.3 Å². The Labute approximate surface area is 122 Å². The SMILES string of the molecule is Cc1cc(C)cc(C(O)Cc2ccc(C(F)(F)F)cc2)c1. The fourth-order valence-corrected chi connectivity index (χ4v) is 2.37. The summed E-state index contributed by atoms with van der Waals surface area (Å²) in [5, 5.41) is 10.2. The Balaban J connectivity index is 2.14. The number of aryl methyl sites for hydroxylation is 2. The lowest BCUT2D eigenvalue weighted by molar-refractivity contribution is -0.137. The van der Waals surface area contributed by atoms with Gasteiger partial charge in [-0.3, -0.25) is 0 Å². The molecule has 0 saturated carbocycles. The summed E-state index contributed by atoms with van der Waals surface area (Å²) in [6.07, 6.45) is -4.76. The first kappa shape index (κ1) is 15.6. The van der Waals surface area contributed by atoms with E-state index in [1.165, 1.54) is 12.1 Å². The molecule has 21 heavy (non-hydrogen) atoms. The highest BCUT2D eigenvalue weighted by atomic mass is 19.4. The molecular formula is C17H17F3O. The van der Waals surface area contributed by atoms with Gasteiger partial charge >= 0.3 is 6.18 Å². The number of aliphatic hydroxyl groups excluding tert-OH is 1. The smallest absolute Gasteiger partial charge is 0.388 e. The van der Waals surface area contributed by atoms with Gasteiger partial charge in [-0.05, 0) is 37.1 Å². The van der Waals surface area contributed by atoms with Crippen molar-refractivity contribution >= 4 is 0 Å². The summed E-state index contributed by atoms with van der Waals surface area (Å²) in [5.74, 6) is 0. The van der Waals surface area contributed by atoms with Crippen LogP contribution in [0.15, 0.2) is 42.5 Å². The maximum absolute atomic E-state index is 12.5. The molecule has 0 amide bonds. The summed E-state index contributed by atoms with van der Waals surface area (Å²) in [4.78, 5) is 0. The van der Waals surface area contributed by atoms with Crippen LogP contribution in [0, 0.1) is 13.8 Å².